The number of fused-ring (bicyclic) bond motifs is 5. The van der Waals surface area contributed by atoms with Crippen LogP contribution in [0.25, 0.3) is 0 Å². The standard InChI is InChI=1S/C27H46O3Si/c1-18(28)21-11-12-22-20-10-9-19-17-27(29,30-31(7,8)24(2,3)4)16-15-25(19,5)23(20)13-14-26(21,22)6/h9,20-23,29H,10-17H2,1-8H3/t20-,21+,22-,23-,25-,26+,27+/m0/s1. The average molecular weight is 447 g/mol. The van der Waals surface area contributed by atoms with Gasteiger partial charge in [0.2, 0.25) is 0 Å². The maximum Gasteiger partial charge on any atom is 0.195 e. The highest BCUT2D eigenvalue weighted by Crippen LogP contribution is 2.67. The smallest absolute Gasteiger partial charge is 0.195 e. The van der Waals surface area contributed by atoms with Crippen LogP contribution in [0.1, 0.15) is 92.9 Å². The lowest BCUT2D eigenvalue weighted by Gasteiger charge is -2.59. The van der Waals surface area contributed by atoms with Gasteiger partial charge >= 0.3 is 0 Å². The van der Waals surface area contributed by atoms with Gasteiger partial charge in [-0.15, -0.1) is 0 Å². The zero-order chi connectivity index (χ0) is 23.0. The van der Waals surface area contributed by atoms with E-state index in [1.54, 1.807) is 0 Å². The molecule has 0 radical (unpaired) electrons. The highest BCUT2D eigenvalue weighted by atomic mass is 28.4. The van der Waals surface area contributed by atoms with Gasteiger partial charge in [0.25, 0.3) is 0 Å². The lowest BCUT2D eigenvalue weighted by molar-refractivity contribution is -0.177. The first kappa shape index (κ1) is 23.7. The van der Waals surface area contributed by atoms with E-state index >= 15 is 0 Å². The second kappa shape index (κ2) is 7.27. The van der Waals surface area contributed by atoms with Gasteiger partial charge in [-0.05, 0) is 92.2 Å². The molecule has 3 saturated carbocycles. The highest BCUT2D eigenvalue weighted by Gasteiger charge is 2.60. The minimum atomic E-state index is -2.04. The highest BCUT2D eigenvalue weighted by molar-refractivity contribution is 6.74. The predicted octanol–water partition coefficient (Wildman–Crippen LogP) is 6.86. The number of Topliss-reactive ketones (excluding diaryl/α,β-unsaturated/α-hetero) is 1. The van der Waals surface area contributed by atoms with Crippen molar-refractivity contribution in [2.24, 2.45) is 34.5 Å². The quantitative estimate of drug-likeness (QED) is 0.292. The van der Waals surface area contributed by atoms with Gasteiger partial charge in [-0.25, -0.2) is 0 Å². The topological polar surface area (TPSA) is 46.5 Å². The summed E-state index contributed by atoms with van der Waals surface area (Å²) >= 11 is 0. The summed E-state index contributed by atoms with van der Waals surface area (Å²) in [5.41, 5.74) is 1.84. The van der Waals surface area contributed by atoms with Gasteiger partial charge in [-0.2, -0.15) is 0 Å². The van der Waals surface area contributed by atoms with E-state index in [1.807, 2.05) is 6.92 Å². The monoisotopic (exact) mass is 446 g/mol. The summed E-state index contributed by atoms with van der Waals surface area (Å²) in [4.78, 5) is 12.4. The Bertz CT molecular complexity index is 780. The zero-order valence-corrected chi connectivity index (χ0v) is 22.3. The molecule has 176 valence electrons. The van der Waals surface area contributed by atoms with Gasteiger partial charge in [-0.1, -0.05) is 46.3 Å². The molecule has 0 amide bonds. The van der Waals surface area contributed by atoms with Crippen molar-refractivity contribution in [2.75, 3.05) is 0 Å². The van der Waals surface area contributed by atoms with E-state index in [0.717, 1.165) is 25.7 Å². The SMILES string of the molecule is CC(=O)[C@H]1CC[C@H]2[C@@H]3CC=C4C[C@](O)(O[Si](C)(C)C(C)(C)C)CC[C@]4(C)[C@H]3CC[C@]12C. The molecule has 0 aromatic carbocycles. The van der Waals surface area contributed by atoms with Crippen molar-refractivity contribution in [2.45, 2.75) is 117 Å². The second-order valence-corrected chi connectivity index (χ2v) is 18.3. The molecule has 1 N–H and O–H groups in total. The van der Waals surface area contributed by atoms with Crippen molar-refractivity contribution >= 4 is 14.1 Å². The molecule has 0 bridgehead atoms. The maximum atomic E-state index is 12.4. The Labute approximate surface area is 191 Å². The summed E-state index contributed by atoms with van der Waals surface area (Å²) < 4.78 is 6.60. The molecule has 4 heteroatoms. The van der Waals surface area contributed by atoms with Crippen LogP contribution in [0.5, 0.6) is 0 Å². The Morgan fingerprint density at radius 3 is 2.39 bits per heavy atom. The molecule has 4 rings (SSSR count). The summed E-state index contributed by atoms with van der Waals surface area (Å²) in [6.07, 6.45) is 10.8. The van der Waals surface area contributed by atoms with E-state index in [1.165, 1.54) is 24.8 Å². The maximum absolute atomic E-state index is 12.4. The van der Waals surface area contributed by atoms with E-state index in [-0.39, 0.29) is 21.8 Å². The Balaban J connectivity index is 1.57. The Hall–Kier alpha value is -0.453. The molecule has 0 heterocycles. The van der Waals surface area contributed by atoms with Crippen LogP contribution in [-0.2, 0) is 9.22 Å². The lowest BCUT2D eigenvalue weighted by atomic mass is 9.47. The van der Waals surface area contributed by atoms with Crippen LogP contribution in [0.3, 0.4) is 0 Å². The molecule has 0 aromatic heterocycles. The number of carbonyl (C=O) groups excluding carboxylic acids is 1. The minimum Gasteiger partial charge on any atom is -0.390 e. The summed E-state index contributed by atoms with van der Waals surface area (Å²) in [5.74, 6) is 1.74. The Morgan fingerprint density at radius 1 is 1.10 bits per heavy atom. The molecule has 3 fully saturated rings. The molecular weight excluding hydrogens is 400 g/mol. The molecular formula is C27H46O3Si. The first-order valence-corrected chi connectivity index (χ1v) is 15.7. The fourth-order valence-corrected chi connectivity index (χ4v) is 9.43. The molecule has 31 heavy (non-hydrogen) atoms. The summed E-state index contributed by atoms with van der Waals surface area (Å²) in [6.45, 7) is 17.9. The third-order valence-corrected chi connectivity index (χ3v) is 15.4. The third kappa shape index (κ3) is 3.63. The molecule has 0 unspecified atom stereocenters. The second-order valence-electron chi connectivity index (χ2n) is 13.5. The number of carbonyl (C=O) groups is 1. The molecule has 7 atom stereocenters. The Kier molecular flexibility index (Phi) is 5.56. The first-order chi connectivity index (χ1) is 14.1. The van der Waals surface area contributed by atoms with E-state index in [2.05, 4.69) is 53.8 Å². The van der Waals surface area contributed by atoms with Crippen LogP contribution in [0.4, 0.5) is 0 Å². The summed E-state index contributed by atoms with van der Waals surface area (Å²) in [7, 11) is -2.04. The number of ketones is 1. The van der Waals surface area contributed by atoms with Crippen molar-refractivity contribution in [1.29, 1.82) is 0 Å². The van der Waals surface area contributed by atoms with Crippen molar-refractivity contribution in [3.8, 4) is 0 Å². The molecule has 4 aliphatic carbocycles. The van der Waals surface area contributed by atoms with Gasteiger partial charge in [0, 0.05) is 18.8 Å². The molecule has 0 saturated heterocycles. The van der Waals surface area contributed by atoms with Gasteiger partial charge in [0.15, 0.2) is 14.1 Å². The summed E-state index contributed by atoms with van der Waals surface area (Å²) in [6, 6.07) is 0. The Morgan fingerprint density at radius 2 is 1.77 bits per heavy atom. The van der Waals surface area contributed by atoms with Gasteiger partial charge in [0.05, 0.1) is 0 Å². The van der Waals surface area contributed by atoms with E-state index in [0.29, 0.717) is 30.0 Å². The predicted molar refractivity (Wildman–Crippen MR) is 129 cm³/mol. The zero-order valence-electron chi connectivity index (χ0n) is 21.3. The average Bonchev–Trinajstić information content (AvgIpc) is 2.98. The largest absolute Gasteiger partial charge is 0.390 e. The van der Waals surface area contributed by atoms with Gasteiger partial charge in [-0.3, -0.25) is 4.79 Å². The van der Waals surface area contributed by atoms with Crippen LogP contribution in [0.2, 0.25) is 18.1 Å². The van der Waals surface area contributed by atoms with Crippen LogP contribution in [0, 0.1) is 34.5 Å². The first-order valence-electron chi connectivity index (χ1n) is 12.8. The molecule has 4 aliphatic rings. The van der Waals surface area contributed by atoms with Gasteiger partial charge < -0.3 is 9.53 Å². The fourth-order valence-electron chi connectivity index (χ4n) is 8.00. The lowest BCUT2D eigenvalue weighted by Crippen LogP contribution is -2.56. The summed E-state index contributed by atoms with van der Waals surface area (Å²) in [5, 5.41) is 11.6. The number of rotatable bonds is 3. The van der Waals surface area contributed by atoms with Crippen molar-refractivity contribution in [3.05, 3.63) is 11.6 Å². The number of hydrogen-bond donors (Lipinski definition) is 1. The minimum absolute atomic E-state index is 0.0963. The van der Waals surface area contributed by atoms with Crippen LogP contribution in [0.15, 0.2) is 11.6 Å². The van der Waals surface area contributed by atoms with E-state index in [4.69, 9.17) is 4.43 Å². The van der Waals surface area contributed by atoms with Crippen molar-refractivity contribution in [1.82, 2.24) is 0 Å². The molecule has 0 aromatic rings. The molecule has 0 aliphatic heterocycles. The van der Waals surface area contributed by atoms with Crippen LogP contribution >= 0.6 is 0 Å². The molecule has 0 spiro atoms. The fraction of sp³-hybridized carbons (Fsp3) is 0.889. The molecule has 3 nitrogen and oxygen atoms in total. The van der Waals surface area contributed by atoms with Crippen molar-refractivity contribution in [3.63, 3.8) is 0 Å². The normalized spacial score (nSPS) is 45.4. The number of hydrogen-bond acceptors (Lipinski definition) is 3. The van der Waals surface area contributed by atoms with Gasteiger partial charge in [0.1, 0.15) is 5.78 Å². The van der Waals surface area contributed by atoms with E-state index < -0.39 is 14.1 Å². The van der Waals surface area contributed by atoms with Crippen LogP contribution in [-0.4, -0.2) is 25.0 Å². The third-order valence-electron chi connectivity index (χ3n) is 10.9. The number of allylic oxidation sites excluding steroid dienone is 1. The van der Waals surface area contributed by atoms with E-state index in [9.17, 15) is 9.90 Å². The van der Waals surface area contributed by atoms with Crippen LogP contribution < -0.4 is 0 Å². The van der Waals surface area contributed by atoms with Crippen molar-refractivity contribution < 1.29 is 14.3 Å². The number of aliphatic hydroxyl groups is 1.